The van der Waals surface area contributed by atoms with Crippen molar-refractivity contribution in [1.29, 1.82) is 0 Å². The summed E-state index contributed by atoms with van der Waals surface area (Å²) in [5.41, 5.74) is 7.18. The molecule has 5 heteroatoms. The van der Waals surface area contributed by atoms with Crippen LogP contribution in [0.15, 0.2) is 54.6 Å². The normalized spacial score (nSPS) is 10.6. The predicted molar refractivity (Wildman–Crippen MR) is 76.8 cm³/mol. The molecule has 0 saturated carbocycles. The number of nitro groups is 1. The van der Waals surface area contributed by atoms with E-state index in [-0.39, 0.29) is 5.69 Å². The lowest BCUT2D eigenvalue weighted by Crippen LogP contribution is -2.05. The molecule has 0 bridgehead atoms. The van der Waals surface area contributed by atoms with Crippen molar-refractivity contribution in [2.45, 2.75) is 0 Å². The molecule has 5 nitrogen and oxygen atoms in total. The largest absolute Gasteiger partial charge is 0.366 e. The van der Waals surface area contributed by atoms with E-state index in [0.717, 1.165) is 11.1 Å². The molecule has 0 aliphatic rings. The molecule has 0 aliphatic carbocycles. The number of rotatable bonds is 4. The van der Waals surface area contributed by atoms with Crippen LogP contribution in [0.25, 0.3) is 17.2 Å². The molecule has 2 aromatic rings. The van der Waals surface area contributed by atoms with Crippen molar-refractivity contribution in [3.05, 3.63) is 70.3 Å². The average molecular weight is 268 g/mol. The van der Waals surface area contributed by atoms with Crippen molar-refractivity contribution >= 4 is 17.7 Å². The van der Waals surface area contributed by atoms with E-state index in [1.165, 1.54) is 12.1 Å². The zero-order valence-corrected chi connectivity index (χ0v) is 10.5. The molecule has 0 fully saturated rings. The highest BCUT2D eigenvalue weighted by molar-refractivity contribution is 5.90. The lowest BCUT2D eigenvalue weighted by atomic mass is 10.0. The van der Waals surface area contributed by atoms with Crippen molar-refractivity contribution in [1.82, 2.24) is 0 Å². The SMILES string of the molecule is NC(=O)C=Cc1ccc(-c2ccccc2[N+](=O)[O-])cc1. The van der Waals surface area contributed by atoms with E-state index in [1.54, 1.807) is 48.5 Å². The van der Waals surface area contributed by atoms with Crippen LogP contribution in [0.1, 0.15) is 5.56 Å². The molecule has 0 atom stereocenters. The molecule has 0 saturated heterocycles. The highest BCUT2D eigenvalue weighted by Crippen LogP contribution is 2.29. The van der Waals surface area contributed by atoms with Crippen LogP contribution in [0.4, 0.5) is 5.69 Å². The topological polar surface area (TPSA) is 86.2 Å². The van der Waals surface area contributed by atoms with E-state index in [1.807, 2.05) is 0 Å². The van der Waals surface area contributed by atoms with Gasteiger partial charge >= 0.3 is 0 Å². The number of nitrogens with two attached hydrogens (primary N) is 1. The second-order valence-electron chi connectivity index (χ2n) is 4.13. The first-order valence-corrected chi connectivity index (χ1v) is 5.89. The van der Waals surface area contributed by atoms with Crippen LogP contribution in [-0.4, -0.2) is 10.8 Å². The molecule has 2 rings (SSSR count). The molecule has 0 radical (unpaired) electrons. The highest BCUT2D eigenvalue weighted by Gasteiger charge is 2.13. The number of primary amides is 1. The number of nitrogens with zero attached hydrogens (tertiary/aromatic N) is 1. The van der Waals surface area contributed by atoms with Gasteiger partial charge in [0.1, 0.15) is 0 Å². The van der Waals surface area contributed by atoms with Gasteiger partial charge in [-0.15, -0.1) is 0 Å². The summed E-state index contributed by atoms with van der Waals surface area (Å²) >= 11 is 0. The van der Waals surface area contributed by atoms with Gasteiger partial charge in [0.05, 0.1) is 10.5 Å². The van der Waals surface area contributed by atoms with Gasteiger partial charge in [0.25, 0.3) is 5.69 Å². The molecule has 0 spiro atoms. The summed E-state index contributed by atoms with van der Waals surface area (Å²) in [6.45, 7) is 0. The third kappa shape index (κ3) is 3.08. The minimum atomic E-state index is -0.521. The highest BCUT2D eigenvalue weighted by atomic mass is 16.6. The number of benzene rings is 2. The lowest BCUT2D eigenvalue weighted by Gasteiger charge is -2.03. The fourth-order valence-electron chi connectivity index (χ4n) is 1.83. The molecule has 20 heavy (non-hydrogen) atoms. The molecule has 100 valence electrons. The Morgan fingerprint density at radius 2 is 1.75 bits per heavy atom. The first kappa shape index (κ1) is 13.5. The van der Waals surface area contributed by atoms with Gasteiger partial charge in [0.2, 0.25) is 5.91 Å². The number of hydrogen-bond donors (Lipinski definition) is 1. The summed E-state index contributed by atoms with van der Waals surface area (Å²) in [5, 5.41) is 11.0. The summed E-state index contributed by atoms with van der Waals surface area (Å²) in [6, 6.07) is 13.6. The average Bonchev–Trinajstić information content (AvgIpc) is 2.45. The third-order valence-electron chi connectivity index (χ3n) is 2.76. The van der Waals surface area contributed by atoms with Gasteiger partial charge < -0.3 is 5.73 Å². The maximum atomic E-state index is 11.0. The summed E-state index contributed by atoms with van der Waals surface area (Å²) in [5.74, 6) is -0.521. The molecule has 0 unspecified atom stereocenters. The molecule has 0 heterocycles. The van der Waals surface area contributed by atoms with Crippen LogP contribution in [0.3, 0.4) is 0 Å². The molecule has 1 amide bonds. The van der Waals surface area contributed by atoms with E-state index in [2.05, 4.69) is 0 Å². The van der Waals surface area contributed by atoms with Gasteiger partial charge in [0, 0.05) is 12.1 Å². The van der Waals surface area contributed by atoms with Crippen molar-refractivity contribution < 1.29 is 9.72 Å². The Morgan fingerprint density at radius 1 is 1.10 bits per heavy atom. The first-order chi connectivity index (χ1) is 9.58. The Bertz CT molecular complexity index is 676. The van der Waals surface area contributed by atoms with Crippen LogP contribution in [0.2, 0.25) is 0 Å². The Labute approximate surface area is 115 Å². The molecular formula is C15H12N2O3. The van der Waals surface area contributed by atoms with E-state index >= 15 is 0 Å². The first-order valence-electron chi connectivity index (χ1n) is 5.89. The van der Waals surface area contributed by atoms with Crippen LogP contribution >= 0.6 is 0 Å². The molecule has 2 aromatic carbocycles. The summed E-state index contributed by atoms with van der Waals surface area (Å²) in [4.78, 5) is 21.2. The summed E-state index contributed by atoms with van der Waals surface area (Å²) in [7, 11) is 0. The van der Waals surface area contributed by atoms with Crippen LogP contribution in [0.5, 0.6) is 0 Å². The van der Waals surface area contributed by atoms with Gasteiger partial charge in [0.15, 0.2) is 0 Å². The monoisotopic (exact) mass is 268 g/mol. The van der Waals surface area contributed by atoms with Gasteiger partial charge in [-0.05, 0) is 23.3 Å². The number of amides is 1. The second kappa shape index (κ2) is 5.79. The fraction of sp³-hybridized carbons (Fsp3) is 0. The lowest BCUT2D eigenvalue weighted by molar-refractivity contribution is -0.384. The van der Waals surface area contributed by atoms with Crippen molar-refractivity contribution in [3.63, 3.8) is 0 Å². The number of hydrogen-bond acceptors (Lipinski definition) is 3. The smallest absolute Gasteiger partial charge is 0.277 e. The van der Waals surface area contributed by atoms with Crippen LogP contribution < -0.4 is 5.73 Å². The van der Waals surface area contributed by atoms with Gasteiger partial charge in [-0.3, -0.25) is 14.9 Å². The number of para-hydroxylation sites is 1. The van der Waals surface area contributed by atoms with Crippen molar-refractivity contribution in [2.75, 3.05) is 0 Å². The number of carbonyl (C=O) groups excluding carboxylic acids is 1. The minimum absolute atomic E-state index is 0.0629. The second-order valence-corrected chi connectivity index (χ2v) is 4.13. The summed E-state index contributed by atoms with van der Waals surface area (Å²) < 4.78 is 0. The fourth-order valence-corrected chi connectivity index (χ4v) is 1.83. The van der Waals surface area contributed by atoms with Crippen LogP contribution in [-0.2, 0) is 4.79 Å². The third-order valence-corrected chi connectivity index (χ3v) is 2.76. The molecule has 0 aromatic heterocycles. The van der Waals surface area contributed by atoms with Crippen LogP contribution in [0, 0.1) is 10.1 Å². The molecule has 2 N–H and O–H groups in total. The minimum Gasteiger partial charge on any atom is -0.366 e. The van der Waals surface area contributed by atoms with E-state index in [9.17, 15) is 14.9 Å². The number of nitro benzene ring substituents is 1. The Morgan fingerprint density at radius 3 is 2.35 bits per heavy atom. The van der Waals surface area contributed by atoms with E-state index in [0.29, 0.717) is 5.56 Å². The number of carbonyl (C=O) groups is 1. The predicted octanol–water partition coefficient (Wildman–Crippen LogP) is 2.76. The zero-order valence-electron chi connectivity index (χ0n) is 10.5. The molecule has 0 aliphatic heterocycles. The maximum Gasteiger partial charge on any atom is 0.277 e. The van der Waals surface area contributed by atoms with Crippen molar-refractivity contribution in [3.8, 4) is 11.1 Å². The Kier molecular flexibility index (Phi) is 3.91. The van der Waals surface area contributed by atoms with Gasteiger partial charge in [-0.2, -0.15) is 0 Å². The zero-order chi connectivity index (χ0) is 14.5. The van der Waals surface area contributed by atoms with E-state index < -0.39 is 10.8 Å². The van der Waals surface area contributed by atoms with E-state index in [4.69, 9.17) is 5.73 Å². The summed E-state index contributed by atoms with van der Waals surface area (Å²) in [6.07, 6.45) is 2.85. The maximum absolute atomic E-state index is 11.0. The quantitative estimate of drug-likeness (QED) is 0.525. The Balaban J connectivity index is 2.36. The van der Waals surface area contributed by atoms with Gasteiger partial charge in [-0.1, -0.05) is 36.4 Å². The Hall–Kier alpha value is -2.95. The molecular weight excluding hydrogens is 256 g/mol. The van der Waals surface area contributed by atoms with Crippen molar-refractivity contribution in [2.24, 2.45) is 5.73 Å². The standard InChI is InChI=1S/C15H12N2O3/c16-15(18)10-7-11-5-8-12(9-6-11)13-3-1-2-4-14(13)17(19)20/h1-10H,(H2,16,18). The van der Waals surface area contributed by atoms with Gasteiger partial charge in [-0.25, -0.2) is 0 Å².